The molecule has 0 aliphatic carbocycles. The van der Waals surface area contributed by atoms with Gasteiger partial charge in [0.1, 0.15) is 29.9 Å². The average Bonchev–Trinajstić information content (AvgIpc) is 3.30. The summed E-state index contributed by atoms with van der Waals surface area (Å²) in [6.07, 6.45) is 1.83. The van der Waals surface area contributed by atoms with Crippen molar-refractivity contribution in [3.8, 4) is 17.2 Å². The van der Waals surface area contributed by atoms with Crippen LogP contribution >= 0.6 is 56.5 Å². The zero-order valence-corrected chi connectivity index (χ0v) is 29.0. The fourth-order valence-electron chi connectivity index (χ4n) is 4.75. The maximum absolute atomic E-state index is 14.0. The molecule has 0 bridgehead atoms. The summed E-state index contributed by atoms with van der Waals surface area (Å²) in [7, 11) is 3.11. The van der Waals surface area contributed by atoms with Crippen LogP contribution in [0.1, 0.15) is 36.6 Å². The molecule has 1 aromatic heterocycles. The average molecular weight is 822 g/mol. The Bertz CT molecular complexity index is 1900. The fourth-order valence-corrected chi connectivity index (χ4v) is 7.56. The Balaban J connectivity index is 1.53. The van der Waals surface area contributed by atoms with Crippen molar-refractivity contribution in [1.82, 2.24) is 4.57 Å². The van der Waals surface area contributed by atoms with E-state index in [1.807, 2.05) is 42.5 Å². The van der Waals surface area contributed by atoms with Gasteiger partial charge in [-0.3, -0.25) is 9.36 Å². The number of allylic oxidation sites excluding steroid dienone is 1. The van der Waals surface area contributed by atoms with E-state index in [1.54, 1.807) is 46.3 Å². The molecule has 0 N–H and O–H groups in total. The predicted molar refractivity (Wildman–Crippen MR) is 183 cm³/mol. The lowest BCUT2D eigenvalue weighted by atomic mass is 9.94. The maximum Gasteiger partial charge on any atom is 0.338 e. The van der Waals surface area contributed by atoms with Gasteiger partial charge in [-0.25, -0.2) is 9.79 Å². The molecule has 43 heavy (non-hydrogen) atoms. The first-order valence-electron chi connectivity index (χ1n) is 13.3. The van der Waals surface area contributed by atoms with Crippen molar-refractivity contribution in [1.29, 1.82) is 0 Å². The highest BCUT2D eigenvalue weighted by Gasteiger charge is 2.35. The van der Waals surface area contributed by atoms with Crippen LogP contribution in [0.15, 0.2) is 81.7 Å². The first-order chi connectivity index (χ1) is 20.7. The van der Waals surface area contributed by atoms with Crippen molar-refractivity contribution < 1.29 is 23.7 Å². The highest BCUT2D eigenvalue weighted by atomic mass is 127. The van der Waals surface area contributed by atoms with E-state index >= 15 is 0 Å². The van der Waals surface area contributed by atoms with Gasteiger partial charge in [-0.2, -0.15) is 0 Å². The number of halogens is 2. The minimum atomic E-state index is -0.814. The molecule has 0 saturated carbocycles. The number of ether oxygens (including phenoxy) is 4. The van der Waals surface area contributed by atoms with Crippen molar-refractivity contribution in [2.45, 2.75) is 26.5 Å². The Morgan fingerprint density at radius 3 is 2.44 bits per heavy atom. The summed E-state index contributed by atoms with van der Waals surface area (Å²) in [6.45, 7) is 4.11. The summed E-state index contributed by atoms with van der Waals surface area (Å²) in [5, 5.41) is 0. The molecule has 0 fully saturated rings. The van der Waals surface area contributed by atoms with Crippen LogP contribution in [-0.2, 0) is 16.1 Å². The molecule has 4 aromatic rings. The lowest BCUT2D eigenvalue weighted by Crippen LogP contribution is -2.40. The Morgan fingerprint density at radius 1 is 1.02 bits per heavy atom. The highest BCUT2D eigenvalue weighted by Crippen LogP contribution is 2.37. The minimum absolute atomic E-state index is 0.187. The molecule has 0 radical (unpaired) electrons. The van der Waals surface area contributed by atoms with Gasteiger partial charge in [0.15, 0.2) is 4.80 Å². The summed E-state index contributed by atoms with van der Waals surface area (Å²) in [4.78, 5) is 32.4. The largest absolute Gasteiger partial charge is 0.497 e. The molecular weight excluding hydrogens is 794 g/mol. The van der Waals surface area contributed by atoms with Crippen LogP contribution in [0, 0.1) is 7.14 Å². The first-order valence-corrected chi connectivity index (χ1v) is 16.3. The van der Waals surface area contributed by atoms with E-state index in [0.29, 0.717) is 38.7 Å². The van der Waals surface area contributed by atoms with Gasteiger partial charge in [-0.05, 0) is 113 Å². The van der Waals surface area contributed by atoms with Gasteiger partial charge in [0.2, 0.25) is 0 Å². The van der Waals surface area contributed by atoms with Crippen LogP contribution in [0.25, 0.3) is 6.08 Å². The summed E-state index contributed by atoms with van der Waals surface area (Å²) < 4.78 is 26.8. The van der Waals surface area contributed by atoms with Crippen LogP contribution in [0.5, 0.6) is 17.2 Å². The fraction of sp³-hybridized carbons (Fsp3) is 0.219. The number of nitrogens with zero attached hydrogens (tertiary/aromatic N) is 2. The number of carbonyl (C=O) groups excluding carboxylic acids is 1. The molecule has 1 aliphatic rings. The minimum Gasteiger partial charge on any atom is -0.497 e. The van der Waals surface area contributed by atoms with Crippen molar-refractivity contribution >= 4 is 68.6 Å². The van der Waals surface area contributed by atoms with Gasteiger partial charge in [0, 0.05) is 9.13 Å². The number of fused-ring (bicyclic) bond motifs is 1. The van der Waals surface area contributed by atoms with Crippen molar-refractivity contribution in [3.63, 3.8) is 0 Å². The quantitative estimate of drug-likeness (QED) is 0.162. The molecular formula is C32H28I2N2O6S. The van der Waals surface area contributed by atoms with Gasteiger partial charge in [-0.15, -0.1) is 0 Å². The van der Waals surface area contributed by atoms with Crippen LogP contribution in [0.2, 0.25) is 0 Å². The van der Waals surface area contributed by atoms with Gasteiger partial charge in [0.05, 0.1) is 40.2 Å². The molecule has 1 aliphatic heterocycles. The molecule has 0 unspecified atom stereocenters. The number of benzene rings is 3. The van der Waals surface area contributed by atoms with Crippen LogP contribution < -0.4 is 29.1 Å². The Morgan fingerprint density at radius 2 is 1.77 bits per heavy atom. The lowest BCUT2D eigenvalue weighted by molar-refractivity contribution is -0.139. The summed E-state index contributed by atoms with van der Waals surface area (Å²) in [5.41, 5.74) is 2.95. The van der Waals surface area contributed by atoms with E-state index in [4.69, 9.17) is 18.9 Å². The third-order valence-electron chi connectivity index (χ3n) is 6.81. The lowest BCUT2D eigenvalue weighted by Gasteiger charge is -2.26. The van der Waals surface area contributed by atoms with Crippen molar-refractivity contribution in [2.24, 2.45) is 4.99 Å². The Hall–Kier alpha value is -3.17. The number of thiazole rings is 1. The SMILES string of the molecule is CCOC(=O)C1=C(C)N=c2s/c(=C\c3ccc(COc4ccc(I)cc4I)cc3)c(=O)n2[C@@H]1c1cc(OC)ccc1OC. The molecule has 2 heterocycles. The number of methoxy groups -OCH3 is 2. The van der Waals surface area contributed by atoms with E-state index in [1.165, 1.54) is 15.9 Å². The van der Waals surface area contributed by atoms with Crippen molar-refractivity contribution in [2.75, 3.05) is 20.8 Å². The molecule has 11 heteroatoms. The first kappa shape index (κ1) is 31.3. The summed E-state index contributed by atoms with van der Waals surface area (Å²) in [6, 6.07) is 18.4. The maximum atomic E-state index is 14.0. The topological polar surface area (TPSA) is 88.4 Å². The van der Waals surface area contributed by atoms with Crippen LogP contribution in [0.3, 0.4) is 0 Å². The zero-order valence-electron chi connectivity index (χ0n) is 23.9. The number of esters is 1. The number of aromatic nitrogens is 1. The van der Waals surface area contributed by atoms with Gasteiger partial charge in [0.25, 0.3) is 5.56 Å². The van der Waals surface area contributed by atoms with E-state index in [9.17, 15) is 9.59 Å². The van der Waals surface area contributed by atoms with E-state index in [-0.39, 0.29) is 17.7 Å². The second kappa shape index (κ2) is 13.6. The third kappa shape index (κ3) is 6.68. The number of hydrogen-bond acceptors (Lipinski definition) is 8. The zero-order chi connectivity index (χ0) is 30.7. The molecule has 0 amide bonds. The molecule has 3 aromatic carbocycles. The molecule has 0 spiro atoms. The van der Waals surface area contributed by atoms with E-state index in [0.717, 1.165) is 24.0 Å². The molecule has 222 valence electrons. The summed E-state index contributed by atoms with van der Waals surface area (Å²) in [5.74, 6) is 1.38. The number of carbonyl (C=O) groups is 1. The van der Waals surface area contributed by atoms with Crippen LogP contribution in [-0.4, -0.2) is 31.4 Å². The smallest absolute Gasteiger partial charge is 0.338 e. The molecule has 0 saturated heterocycles. The van der Waals surface area contributed by atoms with Gasteiger partial charge >= 0.3 is 5.97 Å². The Kier molecular flexibility index (Phi) is 9.92. The summed E-state index contributed by atoms with van der Waals surface area (Å²) >= 11 is 5.82. The molecule has 1 atom stereocenters. The second-order valence-electron chi connectivity index (χ2n) is 9.52. The second-order valence-corrected chi connectivity index (χ2v) is 12.9. The molecule has 8 nitrogen and oxygen atoms in total. The van der Waals surface area contributed by atoms with E-state index in [2.05, 4.69) is 56.2 Å². The third-order valence-corrected chi connectivity index (χ3v) is 9.31. The number of rotatable bonds is 9. The number of hydrogen-bond donors (Lipinski definition) is 0. The Labute approximate surface area is 279 Å². The van der Waals surface area contributed by atoms with E-state index < -0.39 is 12.0 Å². The van der Waals surface area contributed by atoms with Crippen molar-refractivity contribution in [3.05, 3.63) is 115 Å². The van der Waals surface area contributed by atoms with Gasteiger partial charge in [-0.1, -0.05) is 35.6 Å². The van der Waals surface area contributed by atoms with Crippen LogP contribution in [0.4, 0.5) is 0 Å². The molecule has 5 rings (SSSR count). The monoisotopic (exact) mass is 822 g/mol. The standard InChI is InChI=1S/C32H28I2N2O6S/c1-5-41-31(38)28-18(2)35-32-36(29(28)23-16-22(39-3)11-13-25(23)40-4)30(37)27(43-32)14-19-6-8-20(9-7-19)17-42-26-12-10-21(33)15-24(26)34/h6-16,29H,5,17H2,1-4H3/b27-14-/t29-/m1/s1. The normalized spacial score (nSPS) is 14.7. The predicted octanol–water partition coefficient (Wildman–Crippen LogP) is 5.60. The van der Waals surface area contributed by atoms with Gasteiger partial charge < -0.3 is 18.9 Å². The highest BCUT2D eigenvalue weighted by molar-refractivity contribution is 14.1.